The van der Waals surface area contributed by atoms with Crippen molar-refractivity contribution in [1.82, 2.24) is 5.16 Å². The van der Waals surface area contributed by atoms with Crippen LogP contribution in [0.4, 0.5) is 0 Å². The molecule has 0 amide bonds. The molecule has 0 aliphatic rings. The first-order valence-corrected chi connectivity index (χ1v) is 4.45. The van der Waals surface area contributed by atoms with Gasteiger partial charge in [-0.2, -0.15) is 0 Å². The predicted molar refractivity (Wildman–Crippen MR) is 49.6 cm³/mol. The molecule has 0 spiro atoms. The molecule has 0 unspecified atom stereocenters. The molecule has 0 saturated carbocycles. The van der Waals surface area contributed by atoms with Crippen LogP contribution >= 0.6 is 0 Å². The Kier molecular flexibility index (Phi) is 2.55. The van der Waals surface area contributed by atoms with E-state index in [1.807, 2.05) is 20.8 Å². The van der Waals surface area contributed by atoms with E-state index in [0.717, 1.165) is 6.42 Å². The summed E-state index contributed by atoms with van der Waals surface area (Å²) >= 11 is 0. The Hall–Kier alpha value is -1.12. The van der Waals surface area contributed by atoms with Crippen LogP contribution in [0.2, 0.25) is 0 Å². The molecule has 0 atom stereocenters. The van der Waals surface area contributed by atoms with Gasteiger partial charge in [-0.1, -0.05) is 25.9 Å². The summed E-state index contributed by atoms with van der Waals surface area (Å²) in [5, 5.41) is 3.71. The Morgan fingerprint density at radius 1 is 1.62 bits per heavy atom. The van der Waals surface area contributed by atoms with Gasteiger partial charge in [0.2, 0.25) is 0 Å². The lowest BCUT2D eigenvalue weighted by atomic mass is 9.84. The zero-order chi connectivity index (χ0) is 10.1. The third kappa shape index (κ3) is 1.97. The second-order valence-corrected chi connectivity index (χ2v) is 3.89. The largest absolute Gasteiger partial charge is 0.361 e. The monoisotopic (exact) mass is 181 g/mol. The second kappa shape index (κ2) is 3.32. The minimum Gasteiger partial charge on any atom is -0.361 e. The molecule has 13 heavy (non-hydrogen) atoms. The molecule has 1 rings (SSSR count). The van der Waals surface area contributed by atoms with Crippen molar-refractivity contribution in [3.63, 3.8) is 0 Å². The predicted octanol–water partition coefficient (Wildman–Crippen LogP) is 2.60. The molecule has 0 aromatic carbocycles. The van der Waals surface area contributed by atoms with Crippen molar-refractivity contribution in [2.75, 3.05) is 0 Å². The SMILES string of the molecule is CCC(C)(C)C(=O)c1cc(C)on1. The molecule has 0 bridgehead atoms. The van der Waals surface area contributed by atoms with Crippen LogP contribution in [0.3, 0.4) is 0 Å². The van der Waals surface area contributed by atoms with Gasteiger partial charge in [0.15, 0.2) is 5.78 Å². The van der Waals surface area contributed by atoms with Crippen LogP contribution in [0.15, 0.2) is 10.6 Å². The lowest BCUT2D eigenvalue weighted by Crippen LogP contribution is -2.23. The fourth-order valence-corrected chi connectivity index (χ4v) is 0.981. The summed E-state index contributed by atoms with van der Waals surface area (Å²) in [6.07, 6.45) is 0.803. The fourth-order valence-electron chi connectivity index (χ4n) is 0.981. The van der Waals surface area contributed by atoms with Crippen LogP contribution in [0.5, 0.6) is 0 Å². The Bertz CT molecular complexity index is 312. The van der Waals surface area contributed by atoms with Gasteiger partial charge in [0, 0.05) is 11.5 Å². The maximum atomic E-state index is 11.8. The zero-order valence-corrected chi connectivity index (χ0v) is 8.55. The van der Waals surface area contributed by atoms with Crippen LogP contribution in [-0.4, -0.2) is 10.9 Å². The number of carbonyl (C=O) groups is 1. The maximum absolute atomic E-state index is 11.8. The molecule has 72 valence electrons. The minimum absolute atomic E-state index is 0.0480. The Morgan fingerprint density at radius 3 is 2.62 bits per heavy atom. The van der Waals surface area contributed by atoms with E-state index in [9.17, 15) is 4.79 Å². The number of aryl methyl sites for hydroxylation is 1. The van der Waals surface area contributed by atoms with Gasteiger partial charge in [-0.15, -0.1) is 0 Å². The standard InChI is InChI=1S/C10H15NO2/c1-5-10(3,4)9(12)8-6-7(2)13-11-8/h6H,5H2,1-4H3. The first kappa shape index (κ1) is 9.96. The average molecular weight is 181 g/mol. The molecular formula is C10H15NO2. The maximum Gasteiger partial charge on any atom is 0.190 e. The molecule has 0 aliphatic carbocycles. The summed E-state index contributed by atoms with van der Waals surface area (Å²) < 4.78 is 4.85. The molecular weight excluding hydrogens is 166 g/mol. The number of ketones is 1. The van der Waals surface area contributed by atoms with Crippen molar-refractivity contribution in [2.24, 2.45) is 5.41 Å². The molecule has 1 heterocycles. The zero-order valence-electron chi connectivity index (χ0n) is 8.55. The first-order chi connectivity index (χ1) is 5.97. The number of rotatable bonds is 3. The normalized spacial score (nSPS) is 11.7. The van der Waals surface area contributed by atoms with Crippen molar-refractivity contribution < 1.29 is 9.32 Å². The number of hydrogen-bond acceptors (Lipinski definition) is 3. The van der Waals surface area contributed by atoms with Gasteiger partial charge < -0.3 is 4.52 Å². The van der Waals surface area contributed by atoms with Gasteiger partial charge in [0.1, 0.15) is 11.5 Å². The fraction of sp³-hybridized carbons (Fsp3) is 0.600. The quantitative estimate of drug-likeness (QED) is 0.673. The molecule has 0 radical (unpaired) electrons. The van der Waals surface area contributed by atoms with Crippen molar-refractivity contribution in [2.45, 2.75) is 34.1 Å². The third-order valence-electron chi connectivity index (χ3n) is 2.36. The molecule has 1 aromatic rings. The van der Waals surface area contributed by atoms with Gasteiger partial charge in [-0.05, 0) is 13.3 Å². The Labute approximate surface area is 78.1 Å². The summed E-state index contributed by atoms with van der Waals surface area (Å²) in [6, 6.07) is 1.68. The van der Waals surface area contributed by atoms with Gasteiger partial charge >= 0.3 is 0 Å². The van der Waals surface area contributed by atoms with E-state index < -0.39 is 0 Å². The lowest BCUT2D eigenvalue weighted by Gasteiger charge is -2.18. The second-order valence-electron chi connectivity index (χ2n) is 3.89. The topological polar surface area (TPSA) is 43.1 Å². The summed E-state index contributed by atoms with van der Waals surface area (Å²) in [5.41, 5.74) is 0.0906. The van der Waals surface area contributed by atoms with Gasteiger partial charge in [0.05, 0.1) is 0 Å². The Morgan fingerprint density at radius 2 is 2.23 bits per heavy atom. The number of Topliss-reactive ketones (excluding diaryl/α,β-unsaturated/α-hetero) is 1. The highest BCUT2D eigenvalue weighted by molar-refractivity contribution is 5.98. The average Bonchev–Trinajstić information content (AvgIpc) is 2.50. The van der Waals surface area contributed by atoms with Gasteiger partial charge in [-0.25, -0.2) is 0 Å². The van der Waals surface area contributed by atoms with Crippen LogP contribution in [0.1, 0.15) is 43.4 Å². The van der Waals surface area contributed by atoms with Crippen LogP contribution in [0, 0.1) is 12.3 Å². The first-order valence-electron chi connectivity index (χ1n) is 4.45. The van der Waals surface area contributed by atoms with Crippen molar-refractivity contribution in [1.29, 1.82) is 0 Å². The van der Waals surface area contributed by atoms with Crippen LogP contribution in [0.25, 0.3) is 0 Å². The van der Waals surface area contributed by atoms with Crippen LogP contribution < -0.4 is 0 Å². The summed E-state index contributed by atoms with van der Waals surface area (Å²) in [4.78, 5) is 11.8. The minimum atomic E-state index is -0.344. The van der Waals surface area contributed by atoms with E-state index in [2.05, 4.69) is 5.16 Å². The van der Waals surface area contributed by atoms with Crippen LogP contribution in [-0.2, 0) is 0 Å². The summed E-state index contributed by atoms with van der Waals surface area (Å²) in [7, 11) is 0. The highest BCUT2D eigenvalue weighted by atomic mass is 16.5. The molecule has 1 aromatic heterocycles. The Balaban J connectivity index is 2.91. The van der Waals surface area contributed by atoms with Crippen molar-refractivity contribution in [3.8, 4) is 0 Å². The third-order valence-corrected chi connectivity index (χ3v) is 2.36. The summed E-state index contributed by atoms with van der Waals surface area (Å²) in [5.74, 6) is 0.724. The molecule has 3 nitrogen and oxygen atoms in total. The number of carbonyl (C=O) groups excluding carboxylic acids is 1. The molecule has 0 saturated heterocycles. The van der Waals surface area contributed by atoms with E-state index in [-0.39, 0.29) is 11.2 Å². The summed E-state index contributed by atoms with van der Waals surface area (Å²) in [6.45, 7) is 7.60. The van der Waals surface area contributed by atoms with E-state index in [4.69, 9.17) is 4.52 Å². The highest BCUT2D eigenvalue weighted by Crippen LogP contribution is 2.25. The smallest absolute Gasteiger partial charge is 0.190 e. The lowest BCUT2D eigenvalue weighted by molar-refractivity contribution is 0.0823. The van der Waals surface area contributed by atoms with E-state index in [1.54, 1.807) is 13.0 Å². The van der Waals surface area contributed by atoms with E-state index >= 15 is 0 Å². The highest BCUT2D eigenvalue weighted by Gasteiger charge is 2.28. The van der Waals surface area contributed by atoms with Crippen molar-refractivity contribution >= 4 is 5.78 Å². The number of aromatic nitrogens is 1. The number of nitrogens with zero attached hydrogens (tertiary/aromatic N) is 1. The molecule has 3 heteroatoms. The van der Waals surface area contributed by atoms with E-state index in [1.165, 1.54) is 0 Å². The molecule has 0 N–H and O–H groups in total. The van der Waals surface area contributed by atoms with Gasteiger partial charge in [0.25, 0.3) is 0 Å². The number of hydrogen-bond donors (Lipinski definition) is 0. The van der Waals surface area contributed by atoms with Gasteiger partial charge in [-0.3, -0.25) is 4.79 Å². The van der Waals surface area contributed by atoms with E-state index in [0.29, 0.717) is 11.5 Å². The molecule has 0 aliphatic heterocycles. The van der Waals surface area contributed by atoms with Crippen molar-refractivity contribution in [3.05, 3.63) is 17.5 Å². The molecule has 0 fully saturated rings.